The SMILES string of the molecule is CC1(C)c2ccccc2-c2ccc(N(c3ccc4c(c3)C(C)(C)c3ccccc3-4)c3cccc4c3C3(c5ccccc5Sc5cc(-c6ccccc6)ccc53)c3ccccc3-4)cc21. The molecule has 0 bridgehead atoms. The van der Waals surface area contributed by atoms with Gasteiger partial charge >= 0.3 is 0 Å². The van der Waals surface area contributed by atoms with E-state index in [9.17, 15) is 0 Å². The molecule has 300 valence electrons. The van der Waals surface area contributed by atoms with Crippen molar-refractivity contribution in [1.82, 2.24) is 0 Å². The molecule has 1 heterocycles. The second-order valence-corrected chi connectivity index (χ2v) is 19.9. The Morgan fingerprint density at radius 2 is 0.825 bits per heavy atom. The maximum absolute atomic E-state index is 2.60. The Labute approximate surface area is 374 Å². The van der Waals surface area contributed by atoms with Crippen molar-refractivity contribution in [3.05, 3.63) is 245 Å². The second kappa shape index (κ2) is 13.1. The van der Waals surface area contributed by atoms with Crippen LogP contribution in [0.15, 0.2) is 210 Å². The van der Waals surface area contributed by atoms with Crippen LogP contribution in [0.2, 0.25) is 0 Å². The van der Waals surface area contributed by atoms with Crippen LogP contribution in [-0.4, -0.2) is 0 Å². The zero-order valence-corrected chi connectivity index (χ0v) is 36.7. The van der Waals surface area contributed by atoms with Crippen LogP contribution in [0.1, 0.15) is 72.2 Å². The summed E-state index contributed by atoms with van der Waals surface area (Å²) >= 11 is 1.91. The molecule has 0 fully saturated rings. The molecule has 4 aliphatic rings. The molecule has 9 aromatic carbocycles. The van der Waals surface area contributed by atoms with Gasteiger partial charge in [0.15, 0.2) is 0 Å². The van der Waals surface area contributed by atoms with Crippen LogP contribution >= 0.6 is 11.8 Å². The molecule has 1 nitrogen and oxygen atoms in total. The number of benzene rings is 9. The lowest BCUT2D eigenvalue weighted by molar-refractivity contribution is 0.660. The Kier molecular flexibility index (Phi) is 7.63. The number of fused-ring (bicyclic) bond motifs is 15. The smallest absolute Gasteiger partial charge is 0.0755 e. The quantitative estimate of drug-likeness (QED) is 0.174. The van der Waals surface area contributed by atoms with E-state index in [4.69, 9.17) is 0 Å². The van der Waals surface area contributed by atoms with Gasteiger partial charge in [-0.05, 0) is 126 Å². The van der Waals surface area contributed by atoms with Crippen molar-refractivity contribution in [1.29, 1.82) is 0 Å². The highest BCUT2D eigenvalue weighted by molar-refractivity contribution is 7.99. The number of nitrogens with zero attached hydrogens (tertiary/aromatic N) is 1. The van der Waals surface area contributed by atoms with E-state index in [0.717, 1.165) is 0 Å². The number of hydrogen-bond acceptors (Lipinski definition) is 2. The Morgan fingerprint density at radius 3 is 1.46 bits per heavy atom. The van der Waals surface area contributed by atoms with Crippen molar-refractivity contribution < 1.29 is 0 Å². The van der Waals surface area contributed by atoms with E-state index in [1.165, 1.54) is 116 Å². The fourth-order valence-corrected chi connectivity index (χ4v) is 13.3. The van der Waals surface area contributed by atoms with Crippen LogP contribution in [0.3, 0.4) is 0 Å². The van der Waals surface area contributed by atoms with E-state index in [1.54, 1.807) is 0 Å². The molecule has 0 radical (unpaired) electrons. The monoisotopic (exact) mass is 823 g/mol. The highest BCUT2D eigenvalue weighted by atomic mass is 32.2. The molecule has 2 heteroatoms. The third kappa shape index (κ3) is 4.90. The molecule has 13 rings (SSSR count). The van der Waals surface area contributed by atoms with Crippen LogP contribution < -0.4 is 4.90 Å². The normalized spacial score (nSPS) is 17.1. The van der Waals surface area contributed by atoms with Crippen molar-refractivity contribution >= 4 is 28.8 Å². The first kappa shape index (κ1) is 36.8. The van der Waals surface area contributed by atoms with E-state index in [2.05, 4.69) is 233 Å². The summed E-state index contributed by atoms with van der Waals surface area (Å²) in [5, 5.41) is 0. The van der Waals surface area contributed by atoms with Gasteiger partial charge in [0.2, 0.25) is 0 Å². The van der Waals surface area contributed by atoms with Crippen LogP contribution in [0.5, 0.6) is 0 Å². The van der Waals surface area contributed by atoms with Crippen molar-refractivity contribution in [2.75, 3.05) is 4.90 Å². The Morgan fingerprint density at radius 1 is 0.333 bits per heavy atom. The van der Waals surface area contributed by atoms with E-state index in [0.29, 0.717) is 0 Å². The third-order valence-corrected chi connectivity index (χ3v) is 16.1. The van der Waals surface area contributed by atoms with E-state index < -0.39 is 5.41 Å². The Balaban J connectivity index is 1.12. The highest BCUT2D eigenvalue weighted by Gasteiger charge is 2.52. The zero-order valence-electron chi connectivity index (χ0n) is 35.9. The van der Waals surface area contributed by atoms with Crippen LogP contribution in [0, 0.1) is 0 Å². The van der Waals surface area contributed by atoms with E-state index >= 15 is 0 Å². The molecule has 1 aliphatic heterocycles. The molecule has 0 N–H and O–H groups in total. The van der Waals surface area contributed by atoms with E-state index in [1.807, 2.05) is 11.8 Å². The average molecular weight is 824 g/mol. The van der Waals surface area contributed by atoms with Gasteiger partial charge in [-0.1, -0.05) is 197 Å². The summed E-state index contributed by atoms with van der Waals surface area (Å²) in [6, 6.07) is 76.0. The van der Waals surface area contributed by atoms with Gasteiger partial charge in [0.05, 0.1) is 11.1 Å². The third-order valence-electron chi connectivity index (χ3n) is 14.9. The Hall–Kier alpha value is -6.87. The highest BCUT2D eigenvalue weighted by Crippen LogP contribution is 2.65. The van der Waals surface area contributed by atoms with Crippen molar-refractivity contribution in [2.45, 2.75) is 53.7 Å². The molecule has 0 saturated carbocycles. The molecule has 1 atom stereocenters. The molecule has 1 spiro atoms. The maximum atomic E-state index is 2.60. The number of rotatable bonds is 4. The Bertz CT molecular complexity index is 3280. The predicted octanol–water partition coefficient (Wildman–Crippen LogP) is 16.3. The first-order valence-electron chi connectivity index (χ1n) is 22.3. The minimum atomic E-state index is -0.578. The van der Waals surface area contributed by atoms with Crippen LogP contribution in [0.4, 0.5) is 17.1 Å². The van der Waals surface area contributed by atoms with E-state index in [-0.39, 0.29) is 10.8 Å². The predicted molar refractivity (Wildman–Crippen MR) is 263 cm³/mol. The van der Waals surface area contributed by atoms with Gasteiger partial charge < -0.3 is 4.90 Å². The lowest BCUT2D eigenvalue weighted by Gasteiger charge is -2.42. The molecule has 9 aromatic rings. The summed E-state index contributed by atoms with van der Waals surface area (Å²) in [7, 11) is 0. The van der Waals surface area contributed by atoms with Crippen molar-refractivity contribution in [3.63, 3.8) is 0 Å². The van der Waals surface area contributed by atoms with Gasteiger partial charge in [-0.3, -0.25) is 0 Å². The van der Waals surface area contributed by atoms with Crippen molar-refractivity contribution in [3.8, 4) is 44.5 Å². The molecule has 0 saturated heterocycles. The summed E-state index contributed by atoms with van der Waals surface area (Å²) in [5.74, 6) is 0. The number of hydrogen-bond donors (Lipinski definition) is 0. The molecule has 1 unspecified atom stereocenters. The molecule has 0 amide bonds. The molecular weight excluding hydrogens is 779 g/mol. The topological polar surface area (TPSA) is 3.24 Å². The van der Waals surface area contributed by atoms with Crippen LogP contribution in [-0.2, 0) is 16.2 Å². The molecular formula is C61H45NS. The number of anilines is 3. The summed E-state index contributed by atoms with van der Waals surface area (Å²) in [6.07, 6.45) is 0. The summed E-state index contributed by atoms with van der Waals surface area (Å²) < 4.78 is 0. The lowest BCUT2D eigenvalue weighted by Crippen LogP contribution is -2.33. The first-order chi connectivity index (χ1) is 30.8. The second-order valence-electron chi connectivity index (χ2n) is 18.8. The van der Waals surface area contributed by atoms with Crippen molar-refractivity contribution in [2.24, 2.45) is 0 Å². The summed E-state index contributed by atoms with van der Waals surface area (Å²) in [5.41, 5.74) is 23.9. The van der Waals surface area contributed by atoms with Gasteiger partial charge in [-0.15, -0.1) is 0 Å². The zero-order chi connectivity index (χ0) is 42.2. The van der Waals surface area contributed by atoms with Gasteiger partial charge in [0, 0.05) is 37.6 Å². The fourth-order valence-electron chi connectivity index (χ4n) is 12.0. The molecule has 0 aromatic heterocycles. The maximum Gasteiger partial charge on any atom is 0.0755 e. The molecule has 3 aliphatic carbocycles. The standard InChI is InChI=1S/C61H45NS/c1-59(2)48-23-11-8-19-42(48)45-32-30-40(36-53(45)59)62(41-31-33-46-43-20-9-12-24-49(43)60(3,4)54(46)37-41)55-27-16-22-47-44-21-10-13-25-50(44)61(58(47)55)51-26-14-15-28-56(51)63-57-35-39(29-34-52(57)61)38-17-6-5-7-18-38/h5-37H,1-4H3. The molecule has 63 heavy (non-hydrogen) atoms. The first-order valence-corrected chi connectivity index (χ1v) is 23.1. The minimum Gasteiger partial charge on any atom is -0.310 e. The minimum absolute atomic E-state index is 0.153. The van der Waals surface area contributed by atoms with Crippen LogP contribution in [0.25, 0.3) is 44.5 Å². The summed E-state index contributed by atoms with van der Waals surface area (Å²) in [6.45, 7) is 9.57. The fraction of sp³-hybridized carbons (Fsp3) is 0.115. The lowest BCUT2D eigenvalue weighted by atomic mass is 9.66. The van der Waals surface area contributed by atoms with Gasteiger partial charge in [0.1, 0.15) is 0 Å². The van der Waals surface area contributed by atoms with Gasteiger partial charge in [-0.25, -0.2) is 0 Å². The van der Waals surface area contributed by atoms with Gasteiger partial charge in [-0.2, -0.15) is 0 Å². The van der Waals surface area contributed by atoms with Gasteiger partial charge in [0.25, 0.3) is 0 Å². The average Bonchev–Trinajstić information content (AvgIpc) is 3.84. The largest absolute Gasteiger partial charge is 0.310 e. The summed E-state index contributed by atoms with van der Waals surface area (Å²) in [4.78, 5) is 5.20.